The van der Waals surface area contributed by atoms with E-state index in [2.05, 4.69) is 231 Å². The van der Waals surface area contributed by atoms with Gasteiger partial charge in [-0.15, -0.1) is 11.3 Å². The van der Waals surface area contributed by atoms with Crippen LogP contribution >= 0.6 is 11.3 Å². The van der Waals surface area contributed by atoms with Gasteiger partial charge in [-0.05, 0) is 97.6 Å². The van der Waals surface area contributed by atoms with Gasteiger partial charge in [0.2, 0.25) is 0 Å². The van der Waals surface area contributed by atoms with Gasteiger partial charge >= 0.3 is 0 Å². The maximum Gasteiger partial charge on any atom is 0.0555 e. The zero-order valence-electron chi connectivity index (χ0n) is 33.1. The fourth-order valence-electron chi connectivity index (χ4n) is 9.57. The molecule has 0 radical (unpaired) electrons. The molecular formula is C57H41NS. The van der Waals surface area contributed by atoms with Crippen LogP contribution in [0.5, 0.6) is 0 Å². The molecule has 1 aliphatic carbocycles. The Labute approximate surface area is 350 Å². The van der Waals surface area contributed by atoms with Gasteiger partial charge in [0.05, 0.1) is 11.4 Å². The number of hydrogen-bond donors (Lipinski definition) is 0. The van der Waals surface area contributed by atoms with Crippen molar-refractivity contribution in [3.63, 3.8) is 0 Å². The number of anilines is 3. The van der Waals surface area contributed by atoms with Crippen molar-refractivity contribution in [3.8, 4) is 55.6 Å². The monoisotopic (exact) mass is 771 g/mol. The zero-order chi connectivity index (χ0) is 39.5. The summed E-state index contributed by atoms with van der Waals surface area (Å²) < 4.78 is 2.57. The Balaban J connectivity index is 1.18. The predicted molar refractivity (Wildman–Crippen MR) is 253 cm³/mol. The molecule has 1 aliphatic rings. The van der Waals surface area contributed by atoms with Gasteiger partial charge in [0, 0.05) is 36.8 Å². The summed E-state index contributed by atoms with van der Waals surface area (Å²) in [6.45, 7) is 4.71. The van der Waals surface area contributed by atoms with E-state index in [1.807, 2.05) is 11.3 Å². The Morgan fingerprint density at radius 3 is 1.63 bits per heavy atom. The summed E-state index contributed by atoms with van der Waals surface area (Å²) in [7, 11) is 0. The maximum absolute atomic E-state index is 2.52. The lowest BCUT2D eigenvalue weighted by atomic mass is 9.82. The number of fused-ring (bicyclic) bond motifs is 6. The maximum atomic E-state index is 2.52. The lowest BCUT2D eigenvalue weighted by Crippen LogP contribution is -2.14. The van der Waals surface area contributed by atoms with Crippen LogP contribution in [-0.4, -0.2) is 0 Å². The number of hydrogen-bond acceptors (Lipinski definition) is 2. The van der Waals surface area contributed by atoms with Crippen LogP contribution in [-0.2, 0) is 5.41 Å². The van der Waals surface area contributed by atoms with Crippen molar-refractivity contribution in [2.24, 2.45) is 0 Å². The number of benzene rings is 9. The van der Waals surface area contributed by atoms with Gasteiger partial charge in [-0.25, -0.2) is 0 Å². The minimum absolute atomic E-state index is 0.0587. The highest BCUT2D eigenvalue weighted by Gasteiger charge is 2.36. The van der Waals surface area contributed by atoms with Crippen LogP contribution in [0.1, 0.15) is 25.0 Å². The van der Waals surface area contributed by atoms with E-state index >= 15 is 0 Å². The molecule has 280 valence electrons. The van der Waals surface area contributed by atoms with Crippen LogP contribution in [0, 0.1) is 0 Å². The van der Waals surface area contributed by atoms with Crippen molar-refractivity contribution in [2.75, 3.05) is 4.90 Å². The molecule has 0 unspecified atom stereocenters. The fraction of sp³-hybridized carbons (Fsp3) is 0.0526. The third-order valence-corrected chi connectivity index (χ3v) is 13.5. The molecule has 0 atom stereocenters. The van der Waals surface area contributed by atoms with E-state index in [0.29, 0.717) is 0 Å². The molecule has 2 heteroatoms. The van der Waals surface area contributed by atoms with Crippen LogP contribution in [0.15, 0.2) is 212 Å². The smallest absolute Gasteiger partial charge is 0.0555 e. The van der Waals surface area contributed by atoms with Crippen molar-refractivity contribution >= 4 is 48.6 Å². The second kappa shape index (κ2) is 14.1. The third-order valence-electron chi connectivity index (χ3n) is 12.3. The number of thiophene rings is 1. The Morgan fingerprint density at radius 1 is 0.356 bits per heavy atom. The molecule has 1 nitrogen and oxygen atoms in total. The normalized spacial score (nSPS) is 12.7. The molecule has 1 aromatic heterocycles. The molecule has 0 N–H and O–H groups in total. The summed E-state index contributed by atoms with van der Waals surface area (Å²) >= 11 is 1.86. The molecule has 11 rings (SSSR count). The van der Waals surface area contributed by atoms with Gasteiger partial charge in [0.25, 0.3) is 0 Å². The largest absolute Gasteiger partial charge is 0.309 e. The molecular weight excluding hydrogens is 731 g/mol. The second-order valence-electron chi connectivity index (χ2n) is 16.0. The molecule has 0 bridgehead atoms. The summed E-state index contributed by atoms with van der Waals surface area (Å²) in [5.41, 5.74) is 18.4. The Kier molecular flexibility index (Phi) is 8.43. The average molecular weight is 772 g/mol. The molecule has 10 aromatic rings. The lowest BCUT2D eigenvalue weighted by Gasteiger charge is -2.30. The molecule has 0 amide bonds. The van der Waals surface area contributed by atoms with Crippen molar-refractivity contribution < 1.29 is 0 Å². The minimum Gasteiger partial charge on any atom is -0.309 e. The Hall–Kier alpha value is -7.00. The van der Waals surface area contributed by atoms with Gasteiger partial charge < -0.3 is 4.90 Å². The van der Waals surface area contributed by atoms with E-state index in [0.717, 1.165) is 17.1 Å². The van der Waals surface area contributed by atoms with E-state index < -0.39 is 0 Å². The average Bonchev–Trinajstić information content (AvgIpc) is 3.80. The number of rotatable bonds is 7. The van der Waals surface area contributed by atoms with Crippen molar-refractivity contribution in [1.29, 1.82) is 0 Å². The first kappa shape index (κ1) is 35.2. The van der Waals surface area contributed by atoms with Crippen LogP contribution in [0.4, 0.5) is 17.1 Å². The van der Waals surface area contributed by atoms with Gasteiger partial charge in [0.1, 0.15) is 0 Å². The van der Waals surface area contributed by atoms with Crippen molar-refractivity contribution in [1.82, 2.24) is 0 Å². The molecule has 0 saturated heterocycles. The standard InChI is InChI=1S/C57H41NS/c1-57(2)48-28-13-11-24-46(48)54-43(26-15-29-49(54)57)40-34-36-41(37-35-40)58(51-31-17-33-53-56(51)47-25-12-14-32-52(47)59-53)50-30-16-27-44(39-20-7-4-8-21-39)55(50)45-23-10-9-22-42(45)38-18-5-3-6-19-38/h3-37H,1-2H3. The van der Waals surface area contributed by atoms with E-state index in [1.54, 1.807) is 0 Å². The molecule has 59 heavy (non-hydrogen) atoms. The first-order chi connectivity index (χ1) is 29.1. The molecule has 0 fully saturated rings. The van der Waals surface area contributed by atoms with Crippen molar-refractivity contribution in [3.05, 3.63) is 223 Å². The summed E-state index contributed by atoms with van der Waals surface area (Å²) in [5, 5.41) is 2.54. The first-order valence-corrected chi connectivity index (χ1v) is 21.3. The second-order valence-corrected chi connectivity index (χ2v) is 17.1. The van der Waals surface area contributed by atoms with E-state index in [4.69, 9.17) is 0 Å². The van der Waals surface area contributed by atoms with Gasteiger partial charge in [-0.1, -0.05) is 190 Å². The Morgan fingerprint density at radius 2 is 0.864 bits per heavy atom. The van der Waals surface area contributed by atoms with E-state index in [-0.39, 0.29) is 5.41 Å². The Bertz CT molecular complexity index is 3170. The van der Waals surface area contributed by atoms with E-state index in [9.17, 15) is 0 Å². The van der Waals surface area contributed by atoms with Gasteiger partial charge in [0.15, 0.2) is 0 Å². The van der Waals surface area contributed by atoms with Gasteiger partial charge in [-0.2, -0.15) is 0 Å². The van der Waals surface area contributed by atoms with Crippen LogP contribution in [0.25, 0.3) is 75.8 Å². The van der Waals surface area contributed by atoms with Crippen LogP contribution < -0.4 is 4.90 Å². The van der Waals surface area contributed by atoms with Crippen LogP contribution in [0.3, 0.4) is 0 Å². The summed E-state index contributed by atoms with van der Waals surface area (Å²) in [6.07, 6.45) is 0. The predicted octanol–water partition coefficient (Wildman–Crippen LogP) is 16.5. The molecule has 9 aromatic carbocycles. The van der Waals surface area contributed by atoms with Crippen LogP contribution in [0.2, 0.25) is 0 Å². The molecule has 1 heterocycles. The highest BCUT2D eigenvalue weighted by molar-refractivity contribution is 7.26. The quantitative estimate of drug-likeness (QED) is 0.156. The highest BCUT2D eigenvalue weighted by Crippen LogP contribution is 2.54. The van der Waals surface area contributed by atoms with Crippen molar-refractivity contribution in [2.45, 2.75) is 19.3 Å². The first-order valence-electron chi connectivity index (χ1n) is 20.4. The topological polar surface area (TPSA) is 3.24 Å². The summed E-state index contributed by atoms with van der Waals surface area (Å²) in [5.74, 6) is 0. The molecule has 0 spiro atoms. The summed E-state index contributed by atoms with van der Waals surface area (Å²) in [6, 6.07) is 78.1. The number of nitrogens with zero attached hydrogens (tertiary/aromatic N) is 1. The minimum atomic E-state index is -0.0587. The molecule has 0 aliphatic heterocycles. The highest BCUT2D eigenvalue weighted by atomic mass is 32.1. The summed E-state index contributed by atoms with van der Waals surface area (Å²) in [4.78, 5) is 2.52. The van der Waals surface area contributed by atoms with E-state index in [1.165, 1.54) is 86.9 Å². The molecule has 0 saturated carbocycles. The zero-order valence-corrected chi connectivity index (χ0v) is 33.9. The SMILES string of the molecule is CC1(C)c2ccccc2-c2c(-c3ccc(N(c4cccc(-c5ccccc5)c4-c4ccccc4-c4ccccc4)c4cccc5sc6ccccc6c45)cc3)cccc21. The lowest BCUT2D eigenvalue weighted by molar-refractivity contribution is 0.660. The third kappa shape index (κ3) is 5.74. The van der Waals surface area contributed by atoms with Gasteiger partial charge in [-0.3, -0.25) is 0 Å². The fourth-order valence-corrected chi connectivity index (χ4v) is 10.7.